The van der Waals surface area contributed by atoms with Crippen molar-refractivity contribution in [2.75, 3.05) is 26.9 Å². The van der Waals surface area contributed by atoms with Gasteiger partial charge in [-0.25, -0.2) is 0 Å². The molecule has 0 saturated heterocycles. The zero-order valence-electron chi connectivity index (χ0n) is 18.0. The van der Waals surface area contributed by atoms with Crippen LogP contribution in [0.25, 0.3) is 10.8 Å². The molecule has 3 aromatic rings. The van der Waals surface area contributed by atoms with Crippen molar-refractivity contribution in [2.24, 2.45) is 0 Å². The van der Waals surface area contributed by atoms with Gasteiger partial charge in [-0.3, -0.25) is 9.59 Å². The number of amides is 1. The predicted molar refractivity (Wildman–Crippen MR) is 120 cm³/mol. The SMILES string of the molecule is COc1ccc2cc([C@H](C)C(=O)OCC(=O)NCCOc3cccc(C)c3)ccc2c1. The summed E-state index contributed by atoms with van der Waals surface area (Å²) in [7, 11) is 1.63. The van der Waals surface area contributed by atoms with E-state index in [9.17, 15) is 9.59 Å². The zero-order chi connectivity index (χ0) is 22.2. The van der Waals surface area contributed by atoms with Crippen molar-refractivity contribution in [3.8, 4) is 11.5 Å². The van der Waals surface area contributed by atoms with E-state index >= 15 is 0 Å². The second-order valence-corrected chi connectivity index (χ2v) is 7.32. The van der Waals surface area contributed by atoms with E-state index in [0.29, 0.717) is 13.2 Å². The van der Waals surface area contributed by atoms with Crippen LogP contribution in [0, 0.1) is 6.92 Å². The molecule has 6 heteroatoms. The number of rotatable bonds is 9. The Morgan fingerprint density at radius 1 is 0.968 bits per heavy atom. The summed E-state index contributed by atoms with van der Waals surface area (Å²) < 4.78 is 16.0. The number of hydrogen-bond donors (Lipinski definition) is 1. The minimum Gasteiger partial charge on any atom is -0.497 e. The fourth-order valence-corrected chi connectivity index (χ4v) is 3.15. The van der Waals surface area contributed by atoms with Gasteiger partial charge in [0.1, 0.15) is 18.1 Å². The quantitative estimate of drug-likeness (QED) is 0.418. The summed E-state index contributed by atoms with van der Waals surface area (Å²) >= 11 is 0. The van der Waals surface area contributed by atoms with E-state index in [1.54, 1.807) is 14.0 Å². The van der Waals surface area contributed by atoms with Crippen molar-refractivity contribution < 1.29 is 23.8 Å². The molecule has 0 aliphatic rings. The summed E-state index contributed by atoms with van der Waals surface area (Å²) in [4.78, 5) is 24.3. The van der Waals surface area contributed by atoms with E-state index in [4.69, 9.17) is 14.2 Å². The Kier molecular flexibility index (Phi) is 7.49. The number of methoxy groups -OCH3 is 1. The number of fused-ring (bicyclic) bond motifs is 1. The molecular formula is C25H27NO5. The second-order valence-electron chi connectivity index (χ2n) is 7.32. The average Bonchev–Trinajstić information content (AvgIpc) is 2.79. The Bertz CT molecular complexity index is 1060. The Hall–Kier alpha value is -3.54. The molecule has 31 heavy (non-hydrogen) atoms. The van der Waals surface area contributed by atoms with Crippen molar-refractivity contribution in [3.63, 3.8) is 0 Å². The first-order valence-electron chi connectivity index (χ1n) is 10.2. The standard InChI is InChI=1S/C25H27NO5/c1-17-5-4-6-23(13-17)30-12-11-26-24(27)16-31-25(28)18(2)19-7-8-21-15-22(29-3)10-9-20(21)14-19/h4-10,13-15,18H,11-12,16H2,1-3H3,(H,26,27)/t18-/m0/s1. The highest BCUT2D eigenvalue weighted by Gasteiger charge is 2.18. The molecule has 3 rings (SSSR count). The number of benzene rings is 3. The maximum Gasteiger partial charge on any atom is 0.313 e. The summed E-state index contributed by atoms with van der Waals surface area (Å²) in [6.45, 7) is 4.09. The van der Waals surface area contributed by atoms with Crippen molar-refractivity contribution in [1.29, 1.82) is 0 Å². The van der Waals surface area contributed by atoms with Crippen LogP contribution in [0.5, 0.6) is 11.5 Å². The number of esters is 1. The molecule has 0 heterocycles. The molecule has 1 amide bonds. The number of aryl methyl sites for hydroxylation is 1. The minimum absolute atomic E-state index is 0.321. The highest BCUT2D eigenvalue weighted by atomic mass is 16.5. The molecular weight excluding hydrogens is 394 g/mol. The van der Waals surface area contributed by atoms with Crippen LogP contribution < -0.4 is 14.8 Å². The van der Waals surface area contributed by atoms with Gasteiger partial charge >= 0.3 is 5.97 Å². The fourth-order valence-electron chi connectivity index (χ4n) is 3.15. The molecule has 6 nitrogen and oxygen atoms in total. The predicted octanol–water partition coefficient (Wildman–Crippen LogP) is 4.00. The van der Waals surface area contributed by atoms with E-state index < -0.39 is 11.9 Å². The molecule has 0 spiro atoms. The van der Waals surface area contributed by atoms with E-state index in [2.05, 4.69) is 5.32 Å². The van der Waals surface area contributed by atoms with Gasteiger partial charge in [-0.1, -0.05) is 36.4 Å². The molecule has 0 fully saturated rings. The molecule has 0 radical (unpaired) electrons. The van der Waals surface area contributed by atoms with Gasteiger partial charge in [0.2, 0.25) is 0 Å². The van der Waals surface area contributed by atoms with Gasteiger partial charge in [0, 0.05) is 0 Å². The molecule has 3 aromatic carbocycles. The van der Waals surface area contributed by atoms with Gasteiger partial charge < -0.3 is 19.5 Å². The maximum atomic E-state index is 12.4. The van der Waals surface area contributed by atoms with Crippen LogP contribution in [0.4, 0.5) is 0 Å². The van der Waals surface area contributed by atoms with Gasteiger partial charge in [-0.2, -0.15) is 0 Å². The Morgan fingerprint density at radius 2 is 1.74 bits per heavy atom. The second kappa shape index (κ2) is 10.5. The molecule has 0 aliphatic heterocycles. The first kappa shape index (κ1) is 22.2. The van der Waals surface area contributed by atoms with E-state index in [1.165, 1.54) is 0 Å². The third-order valence-electron chi connectivity index (χ3n) is 4.95. The number of nitrogens with one attached hydrogen (secondary N) is 1. The lowest BCUT2D eigenvalue weighted by Crippen LogP contribution is -2.32. The summed E-state index contributed by atoms with van der Waals surface area (Å²) in [6, 6.07) is 19.2. The van der Waals surface area contributed by atoms with Gasteiger partial charge in [0.15, 0.2) is 6.61 Å². The Morgan fingerprint density at radius 3 is 2.52 bits per heavy atom. The van der Waals surface area contributed by atoms with Gasteiger partial charge in [-0.05, 0) is 60.0 Å². The van der Waals surface area contributed by atoms with Crippen LogP contribution >= 0.6 is 0 Å². The molecule has 0 bridgehead atoms. The number of carbonyl (C=O) groups excluding carboxylic acids is 2. The zero-order valence-corrected chi connectivity index (χ0v) is 18.0. The number of hydrogen-bond acceptors (Lipinski definition) is 5. The monoisotopic (exact) mass is 421 g/mol. The molecule has 1 atom stereocenters. The van der Waals surface area contributed by atoms with E-state index in [-0.39, 0.29) is 12.5 Å². The van der Waals surface area contributed by atoms with Crippen LogP contribution in [0.15, 0.2) is 60.7 Å². The Labute approximate surface area is 182 Å². The smallest absolute Gasteiger partial charge is 0.313 e. The molecule has 0 aromatic heterocycles. The van der Waals surface area contributed by atoms with Gasteiger partial charge in [0.25, 0.3) is 5.91 Å². The normalized spacial score (nSPS) is 11.6. The topological polar surface area (TPSA) is 73.9 Å². The van der Waals surface area contributed by atoms with Crippen molar-refractivity contribution >= 4 is 22.6 Å². The summed E-state index contributed by atoms with van der Waals surface area (Å²) in [5.41, 5.74) is 1.93. The molecule has 0 unspecified atom stereocenters. The van der Waals surface area contributed by atoms with Crippen LogP contribution in [0.3, 0.4) is 0 Å². The molecule has 162 valence electrons. The summed E-state index contributed by atoms with van der Waals surface area (Å²) in [5, 5.41) is 4.71. The fraction of sp³-hybridized carbons (Fsp3) is 0.280. The first-order chi connectivity index (χ1) is 15.0. The first-order valence-corrected chi connectivity index (χ1v) is 10.2. The third-order valence-corrected chi connectivity index (χ3v) is 4.95. The Balaban J connectivity index is 1.44. The lowest BCUT2D eigenvalue weighted by Gasteiger charge is -2.13. The highest BCUT2D eigenvalue weighted by molar-refractivity contribution is 5.87. The van der Waals surface area contributed by atoms with Crippen molar-refractivity contribution in [1.82, 2.24) is 5.32 Å². The molecule has 0 saturated carbocycles. The van der Waals surface area contributed by atoms with Gasteiger partial charge in [0.05, 0.1) is 19.6 Å². The number of carbonyl (C=O) groups is 2. The van der Waals surface area contributed by atoms with Crippen molar-refractivity contribution in [3.05, 3.63) is 71.8 Å². The largest absolute Gasteiger partial charge is 0.497 e. The van der Waals surface area contributed by atoms with E-state index in [0.717, 1.165) is 33.4 Å². The van der Waals surface area contributed by atoms with Crippen LogP contribution in [-0.4, -0.2) is 38.7 Å². The molecule has 0 aliphatic carbocycles. The third kappa shape index (κ3) is 6.22. The van der Waals surface area contributed by atoms with Crippen LogP contribution in [0.2, 0.25) is 0 Å². The van der Waals surface area contributed by atoms with Crippen molar-refractivity contribution in [2.45, 2.75) is 19.8 Å². The molecule has 1 N–H and O–H groups in total. The van der Waals surface area contributed by atoms with Crippen LogP contribution in [-0.2, 0) is 14.3 Å². The summed E-state index contributed by atoms with van der Waals surface area (Å²) in [5.74, 6) is 0.244. The minimum atomic E-state index is -0.482. The lowest BCUT2D eigenvalue weighted by atomic mass is 9.98. The summed E-state index contributed by atoms with van der Waals surface area (Å²) in [6.07, 6.45) is 0. The van der Waals surface area contributed by atoms with Gasteiger partial charge in [-0.15, -0.1) is 0 Å². The van der Waals surface area contributed by atoms with E-state index in [1.807, 2.05) is 67.6 Å². The highest BCUT2D eigenvalue weighted by Crippen LogP contribution is 2.25. The van der Waals surface area contributed by atoms with Crippen LogP contribution in [0.1, 0.15) is 24.0 Å². The lowest BCUT2D eigenvalue weighted by molar-refractivity contribution is -0.149. The maximum absolute atomic E-state index is 12.4. The number of ether oxygens (including phenoxy) is 3. The average molecular weight is 421 g/mol.